The molecule has 0 spiro atoms. The maximum atomic E-state index is 12.2. The predicted molar refractivity (Wildman–Crippen MR) is 90.6 cm³/mol. The number of carbonyl (C=O) groups excluding carboxylic acids is 2. The number of para-hydroxylation sites is 1. The molecule has 0 saturated carbocycles. The molecule has 0 aliphatic carbocycles. The fourth-order valence-electron chi connectivity index (χ4n) is 2.63. The summed E-state index contributed by atoms with van der Waals surface area (Å²) in [5, 5.41) is 3.71. The molecule has 1 aromatic carbocycles. The van der Waals surface area contributed by atoms with Gasteiger partial charge >= 0.3 is 0 Å². The van der Waals surface area contributed by atoms with E-state index in [-0.39, 0.29) is 11.8 Å². The van der Waals surface area contributed by atoms with Gasteiger partial charge < -0.3 is 21.8 Å². The zero-order valence-electron chi connectivity index (χ0n) is 13.5. The second kappa shape index (κ2) is 7.28. The third kappa shape index (κ3) is 4.32. The molecular weight excluding hydrogens is 292 g/mol. The lowest BCUT2D eigenvalue weighted by molar-refractivity contribution is -0.128. The van der Waals surface area contributed by atoms with Crippen molar-refractivity contribution in [1.82, 2.24) is 10.3 Å². The van der Waals surface area contributed by atoms with Crippen molar-refractivity contribution in [3.8, 4) is 0 Å². The highest BCUT2D eigenvalue weighted by Crippen LogP contribution is 2.18. The molecule has 0 radical (unpaired) electrons. The average Bonchev–Trinajstić information content (AvgIpc) is 2.89. The minimum absolute atomic E-state index is 0.248. The van der Waals surface area contributed by atoms with E-state index in [2.05, 4.69) is 10.3 Å². The van der Waals surface area contributed by atoms with Crippen molar-refractivity contribution in [3.63, 3.8) is 0 Å². The van der Waals surface area contributed by atoms with E-state index in [1.54, 1.807) is 0 Å². The Bertz CT molecular complexity index is 693. The Kier molecular flexibility index (Phi) is 5.39. The van der Waals surface area contributed by atoms with Gasteiger partial charge in [-0.15, -0.1) is 0 Å². The molecule has 2 amide bonds. The maximum Gasteiger partial charge on any atom is 0.240 e. The van der Waals surface area contributed by atoms with E-state index in [1.165, 1.54) is 0 Å². The molecule has 2 rings (SSSR count). The Labute approximate surface area is 135 Å². The molecule has 6 heteroatoms. The second-order valence-corrected chi connectivity index (χ2v) is 6.26. The monoisotopic (exact) mass is 316 g/mol. The van der Waals surface area contributed by atoms with Crippen LogP contribution in [0.5, 0.6) is 0 Å². The van der Waals surface area contributed by atoms with E-state index in [0.29, 0.717) is 12.8 Å². The molecular formula is C17H24N4O2. The lowest BCUT2D eigenvalue weighted by Gasteiger charge is -2.20. The van der Waals surface area contributed by atoms with Gasteiger partial charge in [-0.1, -0.05) is 32.0 Å². The van der Waals surface area contributed by atoms with Crippen LogP contribution in [0.2, 0.25) is 0 Å². The van der Waals surface area contributed by atoms with E-state index in [1.807, 2.05) is 44.3 Å². The van der Waals surface area contributed by atoms with Gasteiger partial charge in [-0.05, 0) is 30.4 Å². The molecule has 2 aromatic rings. The van der Waals surface area contributed by atoms with Crippen molar-refractivity contribution >= 4 is 22.7 Å². The maximum absolute atomic E-state index is 12.2. The van der Waals surface area contributed by atoms with Gasteiger partial charge in [0, 0.05) is 17.1 Å². The minimum Gasteiger partial charge on any atom is -0.368 e. The van der Waals surface area contributed by atoms with Gasteiger partial charge in [0.15, 0.2) is 0 Å². The number of hydrogen-bond donors (Lipinski definition) is 4. The molecule has 0 aliphatic rings. The van der Waals surface area contributed by atoms with Gasteiger partial charge in [0.05, 0.1) is 6.04 Å². The number of primary amides is 1. The van der Waals surface area contributed by atoms with Crippen molar-refractivity contribution < 1.29 is 9.59 Å². The number of H-pyrrole nitrogens is 1. The number of amides is 2. The summed E-state index contributed by atoms with van der Waals surface area (Å²) in [7, 11) is 0. The van der Waals surface area contributed by atoms with Crippen molar-refractivity contribution in [1.29, 1.82) is 0 Å². The largest absolute Gasteiger partial charge is 0.368 e. The van der Waals surface area contributed by atoms with Gasteiger partial charge in [0.1, 0.15) is 6.04 Å². The van der Waals surface area contributed by atoms with Crippen LogP contribution in [0.4, 0.5) is 0 Å². The third-order valence-electron chi connectivity index (χ3n) is 3.82. The number of aromatic amines is 1. The highest BCUT2D eigenvalue weighted by atomic mass is 16.2. The van der Waals surface area contributed by atoms with Crippen LogP contribution in [0, 0.1) is 5.92 Å². The first-order chi connectivity index (χ1) is 10.9. The summed E-state index contributed by atoms with van der Waals surface area (Å²) in [5.74, 6) is -0.649. The molecule has 0 bridgehead atoms. The molecule has 6 nitrogen and oxygen atoms in total. The van der Waals surface area contributed by atoms with Gasteiger partial charge in [0.2, 0.25) is 11.8 Å². The Morgan fingerprint density at radius 1 is 1.26 bits per heavy atom. The lowest BCUT2D eigenvalue weighted by Crippen LogP contribution is -2.51. The van der Waals surface area contributed by atoms with Crippen LogP contribution in [0.1, 0.15) is 25.8 Å². The zero-order valence-corrected chi connectivity index (χ0v) is 13.5. The van der Waals surface area contributed by atoms with Crippen LogP contribution in [0.15, 0.2) is 30.5 Å². The van der Waals surface area contributed by atoms with Crippen LogP contribution in [0.3, 0.4) is 0 Å². The van der Waals surface area contributed by atoms with E-state index in [0.717, 1.165) is 16.5 Å². The zero-order chi connectivity index (χ0) is 17.0. The average molecular weight is 316 g/mol. The molecule has 6 N–H and O–H groups in total. The third-order valence-corrected chi connectivity index (χ3v) is 3.82. The van der Waals surface area contributed by atoms with Crippen LogP contribution in [-0.4, -0.2) is 28.9 Å². The second-order valence-electron chi connectivity index (χ2n) is 6.26. The minimum atomic E-state index is -0.733. The van der Waals surface area contributed by atoms with Crippen molar-refractivity contribution in [2.24, 2.45) is 17.4 Å². The Morgan fingerprint density at radius 3 is 2.61 bits per heavy atom. The first-order valence-corrected chi connectivity index (χ1v) is 7.78. The summed E-state index contributed by atoms with van der Waals surface area (Å²) >= 11 is 0. The first kappa shape index (κ1) is 17.0. The summed E-state index contributed by atoms with van der Waals surface area (Å²) in [6.45, 7) is 3.93. The summed E-state index contributed by atoms with van der Waals surface area (Å²) < 4.78 is 0. The molecule has 0 fully saturated rings. The molecule has 0 aliphatic heterocycles. The van der Waals surface area contributed by atoms with Crippen molar-refractivity contribution in [3.05, 3.63) is 36.0 Å². The molecule has 23 heavy (non-hydrogen) atoms. The van der Waals surface area contributed by atoms with Crippen LogP contribution >= 0.6 is 0 Å². The number of nitrogens with one attached hydrogen (secondary N) is 2. The molecule has 124 valence electrons. The van der Waals surface area contributed by atoms with E-state index >= 15 is 0 Å². The Hall–Kier alpha value is -2.34. The lowest BCUT2D eigenvalue weighted by atomic mass is 10.0. The van der Waals surface area contributed by atoms with Crippen LogP contribution in [0.25, 0.3) is 10.9 Å². The normalized spacial score (nSPS) is 13.9. The van der Waals surface area contributed by atoms with Crippen molar-refractivity contribution in [2.75, 3.05) is 0 Å². The number of nitrogens with two attached hydrogens (primary N) is 2. The molecule has 1 aromatic heterocycles. The molecule has 2 atom stereocenters. The SMILES string of the molecule is CC(C)C[C@H](NC(=O)[C@@H](N)Cc1c[nH]c2ccccc12)C(N)=O. The highest BCUT2D eigenvalue weighted by Gasteiger charge is 2.23. The first-order valence-electron chi connectivity index (χ1n) is 7.78. The van der Waals surface area contributed by atoms with E-state index in [4.69, 9.17) is 11.5 Å². The molecule has 0 unspecified atom stereocenters. The smallest absolute Gasteiger partial charge is 0.240 e. The van der Waals surface area contributed by atoms with Gasteiger partial charge in [0.25, 0.3) is 0 Å². The predicted octanol–water partition coefficient (Wildman–Crippen LogP) is 1.05. The standard InChI is InChI=1S/C17H24N4O2/c1-10(2)7-15(16(19)22)21-17(23)13(18)8-11-9-20-14-6-4-3-5-12(11)14/h3-6,9-10,13,15,20H,7-8,18H2,1-2H3,(H2,19,22)(H,21,23)/t13-,15-/m0/s1. The van der Waals surface area contributed by atoms with Gasteiger partial charge in [-0.2, -0.15) is 0 Å². The fraction of sp³-hybridized carbons (Fsp3) is 0.412. The summed E-state index contributed by atoms with van der Waals surface area (Å²) in [5.41, 5.74) is 13.3. The number of hydrogen-bond acceptors (Lipinski definition) is 3. The van der Waals surface area contributed by atoms with E-state index < -0.39 is 18.0 Å². The molecule has 1 heterocycles. The molecule has 0 saturated heterocycles. The van der Waals surface area contributed by atoms with Crippen molar-refractivity contribution in [2.45, 2.75) is 38.8 Å². The number of rotatable bonds is 7. The fourth-order valence-corrected chi connectivity index (χ4v) is 2.63. The van der Waals surface area contributed by atoms with Gasteiger partial charge in [-0.25, -0.2) is 0 Å². The number of aromatic nitrogens is 1. The summed E-state index contributed by atoms with van der Waals surface area (Å²) in [6, 6.07) is 6.42. The quantitative estimate of drug-likeness (QED) is 0.612. The Balaban J connectivity index is 2.03. The van der Waals surface area contributed by atoms with Crippen LogP contribution in [-0.2, 0) is 16.0 Å². The Morgan fingerprint density at radius 2 is 1.96 bits per heavy atom. The van der Waals surface area contributed by atoms with Crippen LogP contribution < -0.4 is 16.8 Å². The number of fused-ring (bicyclic) bond motifs is 1. The summed E-state index contributed by atoms with van der Waals surface area (Å²) in [6.07, 6.45) is 2.75. The van der Waals surface area contributed by atoms with E-state index in [9.17, 15) is 9.59 Å². The topological polar surface area (TPSA) is 114 Å². The van der Waals surface area contributed by atoms with Gasteiger partial charge in [-0.3, -0.25) is 9.59 Å². The highest BCUT2D eigenvalue weighted by molar-refractivity contribution is 5.90. The number of benzene rings is 1. The number of carbonyl (C=O) groups is 2. The summed E-state index contributed by atoms with van der Waals surface area (Å²) in [4.78, 5) is 26.9.